The van der Waals surface area contributed by atoms with E-state index in [-0.39, 0.29) is 0 Å². The summed E-state index contributed by atoms with van der Waals surface area (Å²) >= 11 is 0. The van der Waals surface area contributed by atoms with Gasteiger partial charge in [-0.15, -0.1) is 0 Å². The lowest BCUT2D eigenvalue weighted by Gasteiger charge is -2.35. The van der Waals surface area contributed by atoms with Gasteiger partial charge in [0.05, 0.1) is 0 Å². The highest BCUT2D eigenvalue weighted by atomic mass is 15.2. The fourth-order valence-electron chi connectivity index (χ4n) is 2.53. The lowest BCUT2D eigenvalue weighted by atomic mass is 9.99. The van der Waals surface area contributed by atoms with Gasteiger partial charge in [0.2, 0.25) is 0 Å². The van der Waals surface area contributed by atoms with Crippen LogP contribution >= 0.6 is 0 Å². The molecule has 3 nitrogen and oxygen atoms in total. The molecule has 2 unspecified atom stereocenters. The first kappa shape index (κ1) is 23.2. The van der Waals surface area contributed by atoms with Crippen LogP contribution in [-0.4, -0.2) is 62.2 Å². The minimum Gasteiger partial charge on any atom is -0.315 e. The van der Waals surface area contributed by atoms with Crippen LogP contribution in [0.15, 0.2) is 0 Å². The Morgan fingerprint density at radius 1 is 0.762 bits per heavy atom. The van der Waals surface area contributed by atoms with Crippen molar-refractivity contribution in [1.82, 2.24) is 15.1 Å². The lowest BCUT2D eigenvalue weighted by molar-refractivity contribution is 0.138. The molecule has 3 heteroatoms. The van der Waals surface area contributed by atoms with Gasteiger partial charge in [0.25, 0.3) is 0 Å². The van der Waals surface area contributed by atoms with E-state index in [0.717, 1.165) is 18.6 Å². The molecule has 2 atom stereocenters. The summed E-state index contributed by atoms with van der Waals surface area (Å²) in [5.74, 6) is 0. The third-order valence-corrected chi connectivity index (χ3v) is 4.20. The Balaban J connectivity index is 0. The smallest absolute Gasteiger partial charge is 0.0104 e. The zero-order valence-corrected chi connectivity index (χ0v) is 16.2. The van der Waals surface area contributed by atoms with Gasteiger partial charge in [0.15, 0.2) is 0 Å². The van der Waals surface area contributed by atoms with Crippen molar-refractivity contribution >= 4 is 0 Å². The van der Waals surface area contributed by atoms with Gasteiger partial charge in [-0.25, -0.2) is 0 Å². The average molecular weight is 302 g/mol. The molecule has 2 rings (SSSR count). The van der Waals surface area contributed by atoms with Crippen molar-refractivity contribution in [2.75, 3.05) is 40.3 Å². The molecule has 0 spiro atoms. The van der Waals surface area contributed by atoms with E-state index < -0.39 is 0 Å². The van der Waals surface area contributed by atoms with Gasteiger partial charge < -0.3 is 15.1 Å². The number of hydrogen-bond donors (Lipinski definition) is 1. The van der Waals surface area contributed by atoms with Crippen LogP contribution in [0, 0.1) is 0 Å². The summed E-state index contributed by atoms with van der Waals surface area (Å²) in [7, 11) is 4.40. The van der Waals surface area contributed by atoms with Crippen molar-refractivity contribution in [2.45, 2.75) is 79.3 Å². The van der Waals surface area contributed by atoms with Gasteiger partial charge in [-0.3, -0.25) is 0 Å². The zero-order valence-electron chi connectivity index (χ0n) is 16.2. The number of hydrogen-bond acceptors (Lipinski definition) is 3. The first-order chi connectivity index (χ1) is 10.1. The van der Waals surface area contributed by atoms with Crippen molar-refractivity contribution in [3.05, 3.63) is 0 Å². The normalized spacial score (nSPS) is 26.9. The van der Waals surface area contributed by atoms with Gasteiger partial charge in [0.1, 0.15) is 0 Å². The molecule has 1 N–H and O–H groups in total. The van der Waals surface area contributed by atoms with E-state index in [1.165, 1.54) is 45.3 Å². The van der Waals surface area contributed by atoms with E-state index in [2.05, 4.69) is 43.1 Å². The maximum atomic E-state index is 3.34. The Morgan fingerprint density at radius 3 is 1.76 bits per heavy atom. The van der Waals surface area contributed by atoms with Gasteiger partial charge >= 0.3 is 0 Å². The van der Waals surface area contributed by atoms with Gasteiger partial charge in [-0.2, -0.15) is 0 Å². The predicted molar refractivity (Wildman–Crippen MR) is 98.2 cm³/mol. The van der Waals surface area contributed by atoms with Crippen molar-refractivity contribution in [2.24, 2.45) is 0 Å². The van der Waals surface area contributed by atoms with Crippen molar-refractivity contribution in [3.63, 3.8) is 0 Å². The second-order valence-corrected chi connectivity index (χ2v) is 5.70. The largest absolute Gasteiger partial charge is 0.315 e. The quantitative estimate of drug-likeness (QED) is 0.733. The van der Waals surface area contributed by atoms with Crippen LogP contribution in [0.4, 0.5) is 0 Å². The highest BCUT2D eigenvalue weighted by Crippen LogP contribution is 2.19. The Bertz CT molecular complexity index is 179. The SMILES string of the molecule is CC.CC.CC1CCCC(C)N1C.CN1CCCNCC1. The molecule has 0 amide bonds. The van der Waals surface area contributed by atoms with Crippen LogP contribution in [-0.2, 0) is 0 Å². The van der Waals surface area contributed by atoms with Crippen LogP contribution < -0.4 is 5.32 Å². The molecule has 0 bridgehead atoms. The lowest BCUT2D eigenvalue weighted by Crippen LogP contribution is -2.40. The predicted octanol–water partition coefficient (Wildman–Crippen LogP) is 3.84. The summed E-state index contributed by atoms with van der Waals surface area (Å²) in [6.45, 7) is 17.5. The zero-order chi connectivity index (χ0) is 16.7. The molecular weight excluding hydrogens is 258 g/mol. The number of likely N-dealkylation sites (tertiary alicyclic amines) is 1. The monoisotopic (exact) mass is 301 g/mol. The molecule has 0 aromatic heterocycles. The van der Waals surface area contributed by atoms with E-state index in [9.17, 15) is 0 Å². The number of likely N-dealkylation sites (N-methyl/N-ethyl adjacent to an activating group) is 1. The first-order valence-electron chi connectivity index (χ1n) is 9.22. The fraction of sp³-hybridized carbons (Fsp3) is 1.00. The summed E-state index contributed by atoms with van der Waals surface area (Å²) in [6.07, 6.45) is 5.50. The summed E-state index contributed by atoms with van der Waals surface area (Å²) in [6, 6.07) is 1.63. The minimum absolute atomic E-state index is 0.814. The van der Waals surface area contributed by atoms with E-state index in [1.54, 1.807) is 0 Å². The number of nitrogens with zero attached hydrogens (tertiary/aromatic N) is 2. The molecule has 2 fully saturated rings. The fourth-order valence-corrected chi connectivity index (χ4v) is 2.53. The molecule has 2 heterocycles. The number of rotatable bonds is 0. The standard InChI is InChI=1S/C8H17N.C6H14N2.2C2H6/c1-7-5-4-6-8(2)9(7)3;1-8-5-2-3-7-4-6-8;2*1-2/h7-8H,4-6H2,1-3H3;7H,2-6H2,1H3;2*1-2H3. The van der Waals surface area contributed by atoms with Crippen LogP contribution in [0.5, 0.6) is 0 Å². The highest BCUT2D eigenvalue weighted by Gasteiger charge is 2.19. The van der Waals surface area contributed by atoms with Gasteiger partial charge in [0, 0.05) is 25.2 Å². The Labute approximate surface area is 135 Å². The van der Waals surface area contributed by atoms with Crippen LogP contribution in [0.2, 0.25) is 0 Å². The molecule has 0 aromatic carbocycles. The first-order valence-corrected chi connectivity index (χ1v) is 9.22. The van der Waals surface area contributed by atoms with Gasteiger partial charge in [-0.05, 0) is 60.3 Å². The maximum absolute atomic E-state index is 3.34. The summed E-state index contributed by atoms with van der Waals surface area (Å²) in [4.78, 5) is 4.84. The Morgan fingerprint density at radius 2 is 1.29 bits per heavy atom. The molecule has 0 saturated carbocycles. The van der Waals surface area contributed by atoms with Crippen LogP contribution in [0.25, 0.3) is 0 Å². The van der Waals surface area contributed by atoms with Crippen molar-refractivity contribution < 1.29 is 0 Å². The number of nitrogens with one attached hydrogen (secondary N) is 1. The van der Waals surface area contributed by atoms with E-state index >= 15 is 0 Å². The minimum atomic E-state index is 0.814. The molecule has 0 aliphatic carbocycles. The second-order valence-electron chi connectivity index (χ2n) is 5.70. The molecular formula is C18H43N3. The Hall–Kier alpha value is -0.120. The van der Waals surface area contributed by atoms with E-state index in [0.29, 0.717) is 0 Å². The Kier molecular flexibility index (Phi) is 17.9. The summed E-state index contributed by atoms with van der Waals surface area (Å²) in [5.41, 5.74) is 0. The van der Waals surface area contributed by atoms with Crippen LogP contribution in [0.1, 0.15) is 67.2 Å². The molecule has 2 aliphatic rings. The molecule has 2 saturated heterocycles. The molecule has 0 aromatic rings. The molecule has 130 valence electrons. The molecule has 0 radical (unpaired) electrons. The maximum Gasteiger partial charge on any atom is 0.0104 e. The molecule has 2 aliphatic heterocycles. The number of piperidine rings is 1. The van der Waals surface area contributed by atoms with E-state index in [1.807, 2.05) is 27.7 Å². The van der Waals surface area contributed by atoms with Crippen molar-refractivity contribution in [1.29, 1.82) is 0 Å². The third kappa shape index (κ3) is 12.1. The van der Waals surface area contributed by atoms with Crippen LogP contribution in [0.3, 0.4) is 0 Å². The highest BCUT2D eigenvalue weighted by molar-refractivity contribution is 4.75. The van der Waals surface area contributed by atoms with E-state index in [4.69, 9.17) is 0 Å². The average Bonchev–Trinajstić information content (AvgIpc) is 2.77. The third-order valence-electron chi connectivity index (χ3n) is 4.20. The summed E-state index contributed by atoms with van der Waals surface area (Å²) < 4.78 is 0. The van der Waals surface area contributed by atoms with Crippen molar-refractivity contribution in [3.8, 4) is 0 Å². The topological polar surface area (TPSA) is 18.5 Å². The second kappa shape index (κ2) is 16.3. The molecule has 21 heavy (non-hydrogen) atoms. The summed E-state index contributed by atoms with van der Waals surface area (Å²) in [5, 5.41) is 3.34. The van der Waals surface area contributed by atoms with Gasteiger partial charge in [-0.1, -0.05) is 34.1 Å².